The quantitative estimate of drug-likeness (QED) is 0.277. The van der Waals surface area contributed by atoms with E-state index in [4.69, 9.17) is 4.74 Å². The summed E-state index contributed by atoms with van der Waals surface area (Å²) in [7, 11) is -4.54. The summed E-state index contributed by atoms with van der Waals surface area (Å²) in [4.78, 5) is 25.4. The van der Waals surface area contributed by atoms with Crippen LogP contribution in [0.4, 0.5) is 0 Å². The Balaban J connectivity index is 2.09. The molecule has 3 N–H and O–H groups in total. The average Bonchev–Trinajstić information content (AvgIpc) is 3.30. The summed E-state index contributed by atoms with van der Waals surface area (Å²) >= 11 is 1.33. The number of thiophene rings is 1. The molecule has 0 radical (unpaired) electrons. The van der Waals surface area contributed by atoms with Gasteiger partial charge in [0.1, 0.15) is 5.75 Å². The maximum atomic E-state index is 13.9. The number of sulfone groups is 1. The first-order chi connectivity index (χ1) is 15.6. The summed E-state index contributed by atoms with van der Waals surface area (Å²) in [6, 6.07) is 9.19. The van der Waals surface area contributed by atoms with Crippen molar-refractivity contribution in [1.82, 2.24) is 15.7 Å². The first kappa shape index (κ1) is 25.2. The molecule has 1 saturated heterocycles. The average molecular weight is 496 g/mol. The highest BCUT2D eigenvalue weighted by molar-refractivity contribution is 7.93. The molecule has 9 nitrogen and oxygen atoms in total. The van der Waals surface area contributed by atoms with Gasteiger partial charge < -0.3 is 4.74 Å². The van der Waals surface area contributed by atoms with Crippen LogP contribution in [0.5, 0.6) is 5.75 Å². The number of ether oxygens (including phenoxy) is 1. The van der Waals surface area contributed by atoms with Gasteiger partial charge in [0.15, 0.2) is 0 Å². The molecule has 2 aromatic rings. The Morgan fingerprint density at radius 1 is 1.27 bits per heavy atom. The first-order valence-corrected chi connectivity index (χ1v) is 13.0. The van der Waals surface area contributed by atoms with E-state index < -0.39 is 32.1 Å². The predicted molar refractivity (Wildman–Crippen MR) is 123 cm³/mol. The molecule has 0 bridgehead atoms. The lowest BCUT2D eigenvalue weighted by atomic mass is 9.88. The molecule has 3 rings (SSSR count). The zero-order valence-electron chi connectivity index (χ0n) is 18.8. The molecule has 1 aromatic heterocycles. The highest BCUT2D eigenvalue weighted by atomic mass is 32.2. The van der Waals surface area contributed by atoms with E-state index in [0.29, 0.717) is 17.2 Å². The van der Waals surface area contributed by atoms with Crippen LogP contribution in [0, 0.1) is 5.41 Å². The van der Waals surface area contributed by atoms with Crippen molar-refractivity contribution in [1.29, 1.82) is 0 Å². The molecule has 1 aliphatic rings. The van der Waals surface area contributed by atoms with Gasteiger partial charge in [-0.3, -0.25) is 25.0 Å². The summed E-state index contributed by atoms with van der Waals surface area (Å²) in [5.41, 5.74) is 0.490. The highest BCUT2D eigenvalue weighted by Crippen LogP contribution is 2.38. The van der Waals surface area contributed by atoms with E-state index >= 15 is 0 Å². The Kier molecular flexibility index (Phi) is 7.47. The van der Waals surface area contributed by atoms with Gasteiger partial charge in [-0.25, -0.2) is 13.9 Å². The van der Waals surface area contributed by atoms with Crippen LogP contribution in [0.1, 0.15) is 38.5 Å². The van der Waals surface area contributed by atoms with E-state index in [1.54, 1.807) is 31.4 Å². The number of nitrogens with one attached hydrogen (secondary N) is 2. The van der Waals surface area contributed by atoms with Gasteiger partial charge in [0.05, 0.1) is 23.5 Å². The van der Waals surface area contributed by atoms with Crippen LogP contribution < -0.4 is 15.5 Å². The van der Waals surface area contributed by atoms with Crippen LogP contribution in [0.2, 0.25) is 0 Å². The number of nitrogens with zero attached hydrogens (tertiary/aromatic N) is 1. The molecule has 11 heteroatoms. The third-order valence-corrected chi connectivity index (χ3v) is 8.65. The molecule has 0 aliphatic carbocycles. The topological polar surface area (TPSA) is 125 Å². The van der Waals surface area contributed by atoms with Gasteiger partial charge in [0, 0.05) is 11.4 Å². The number of unbranched alkanes of at least 4 members (excludes halogenated alkanes) is 1. The lowest BCUT2D eigenvalue weighted by Crippen LogP contribution is -2.77. The van der Waals surface area contributed by atoms with Gasteiger partial charge in [-0.2, -0.15) is 0 Å². The lowest BCUT2D eigenvalue weighted by molar-refractivity contribution is -0.161. The minimum absolute atomic E-state index is 0.0857. The van der Waals surface area contributed by atoms with Gasteiger partial charge in [-0.05, 0) is 56.0 Å². The number of amides is 2. The Labute approximate surface area is 197 Å². The van der Waals surface area contributed by atoms with Crippen LogP contribution in [0.25, 0.3) is 0 Å². The standard InChI is InChI=1S/C22H29N3O6S2/c1-4-5-12-31-16-8-10-18(11-9-16)33(29,30)22(19(26)24-28)23-15-21(2,3)20(27)25(22)14-17-7-6-13-32-17/h6-11,13,23,28H,4-5,12,14-15H2,1-3H3,(H,24,26). The van der Waals surface area contributed by atoms with Crippen LogP contribution in [0.3, 0.4) is 0 Å². The van der Waals surface area contributed by atoms with Gasteiger partial charge in [0.2, 0.25) is 15.7 Å². The van der Waals surface area contributed by atoms with Crippen molar-refractivity contribution < 1.29 is 28.0 Å². The fraction of sp³-hybridized carbons (Fsp3) is 0.455. The SMILES string of the molecule is CCCCOc1ccc(S(=O)(=O)C2(C(=O)NO)NCC(C)(C)C(=O)N2Cc2cccs2)cc1. The summed E-state index contributed by atoms with van der Waals surface area (Å²) in [5.74, 6) is -1.29. The van der Waals surface area contributed by atoms with Crippen molar-refractivity contribution in [2.24, 2.45) is 5.41 Å². The molecule has 1 unspecified atom stereocenters. The Morgan fingerprint density at radius 2 is 1.97 bits per heavy atom. The number of hydroxylamine groups is 1. The minimum Gasteiger partial charge on any atom is -0.494 e. The van der Waals surface area contributed by atoms with Crippen molar-refractivity contribution >= 4 is 33.0 Å². The lowest BCUT2D eigenvalue weighted by Gasteiger charge is -2.49. The fourth-order valence-electron chi connectivity index (χ4n) is 3.62. The molecule has 1 aliphatic heterocycles. The fourth-order valence-corrected chi connectivity index (χ4v) is 6.14. The number of carbonyl (C=O) groups is 2. The van der Waals surface area contributed by atoms with Crippen LogP contribution in [0.15, 0.2) is 46.7 Å². The summed E-state index contributed by atoms with van der Waals surface area (Å²) < 4.78 is 33.4. The first-order valence-electron chi connectivity index (χ1n) is 10.6. The molecule has 0 saturated carbocycles. The number of carbonyl (C=O) groups excluding carboxylic acids is 2. The molecule has 180 valence electrons. The van der Waals surface area contributed by atoms with E-state index in [9.17, 15) is 23.2 Å². The monoisotopic (exact) mass is 495 g/mol. The smallest absolute Gasteiger partial charge is 0.301 e. The molecular weight excluding hydrogens is 466 g/mol. The van der Waals surface area contributed by atoms with E-state index in [2.05, 4.69) is 5.32 Å². The van der Waals surface area contributed by atoms with Crippen molar-refractivity contribution in [3.05, 3.63) is 46.7 Å². The molecule has 2 amide bonds. The van der Waals surface area contributed by atoms with E-state index in [1.807, 2.05) is 6.92 Å². The maximum absolute atomic E-state index is 13.9. The highest BCUT2D eigenvalue weighted by Gasteiger charge is 2.62. The number of hydrogen-bond donors (Lipinski definition) is 3. The van der Waals surface area contributed by atoms with Crippen LogP contribution >= 0.6 is 11.3 Å². The van der Waals surface area contributed by atoms with Crippen LogP contribution in [-0.4, -0.2) is 48.5 Å². The zero-order valence-corrected chi connectivity index (χ0v) is 20.5. The largest absolute Gasteiger partial charge is 0.494 e. The van der Waals surface area contributed by atoms with Crippen molar-refractivity contribution in [3.8, 4) is 5.75 Å². The van der Waals surface area contributed by atoms with E-state index in [-0.39, 0.29) is 18.0 Å². The van der Waals surface area contributed by atoms with Crippen LogP contribution in [-0.2, 0) is 26.0 Å². The third kappa shape index (κ3) is 4.63. The Bertz CT molecular complexity index is 1080. The summed E-state index contributed by atoms with van der Waals surface area (Å²) in [6.45, 7) is 5.65. The number of rotatable bonds is 9. The second-order valence-electron chi connectivity index (χ2n) is 8.47. The van der Waals surface area contributed by atoms with Crippen molar-refractivity contribution in [3.63, 3.8) is 0 Å². The van der Waals surface area contributed by atoms with Gasteiger partial charge in [-0.15, -0.1) is 11.3 Å². The molecule has 1 aromatic carbocycles. The molecule has 2 heterocycles. The van der Waals surface area contributed by atoms with Gasteiger partial charge in [0.25, 0.3) is 4.99 Å². The molecule has 1 atom stereocenters. The molecule has 0 spiro atoms. The summed E-state index contributed by atoms with van der Waals surface area (Å²) in [5, 5.41) is 14.1. The summed E-state index contributed by atoms with van der Waals surface area (Å²) in [6.07, 6.45) is 1.82. The molecule has 33 heavy (non-hydrogen) atoms. The molecule has 1 fully saturated rings. The van der Waals surface area contributed by atoms with E-state index in [1.165, 1.54) is 41.1 Å². The minimum atomic E-state index is -4.54. The number of hydrogen-bond acceptors (Lipinski definition) is 8. The van der Waals surface area contributed by atoms with Crippen molar-refractivity contribution in [2.75, 3.05) is 13.2 Å². The number of benzene rings is 1. The van der Waals surface area contributed by atoms with E-state index in [0.717, 1.165) is 17.7 Å². The Morgan fingerprint density at radius 3 is 2.55 bits per heavy atom. The second-order valence-corrected chi connectivity index (χ2v) is 11.6. The van der Waals surface area contributed by atoms with Gasteiger partial charge >= 0.3 is 5.91 Å². The second kappa shape index (κ2) is 9.80. The molecular formula is C22H29N3O6S2. The van der Waals surface area contributed by atoms with Gasteiger partial charge in [-0.1, -0.05) is 19.4 Å². The Hall–Kier alpha value is -2.47. The van der Waals surface area contributed by atoms with Crippen molar-refractivity contribution in [2.45, 2.75) is 50.0 Å². The maximum Gasteiger partial charge on any atom is 0.301 e. The third-order valence-electron chi connectivity index (χ3n) is 5.57. The predicted octanol–water partition coefficient (Wildman–Crippen LogP) is 2.52. The zero-order chi connectivity index (χ0) is 24.3. The normalized spacial score (nSPS) is 20.5.